The van der Waals surface area contributed by atoms with Crippen molar-refractivity contribution >= 4 is 22.4 Å². The van der Waals surface area contributed by atoms with E-state index in [1.807, 2.05) is 10.9 Å². The summed E-state index contributed by atoms with van der Waals surface area (Å²) in [6, 6.07) is 0.394. The smallest absolute Gasteiger partial charge is 0.160 e. The van der Waals surface area contributed by atoms with Gasteiger partial charge in [0, 0.05) is 44.0 Å². The van der Waals surface area contributed by atoms with E-state index in [-0.39, 0.29) is 5.60 Å². The van der Waals surface area contributed by atoms with Gasteiger partial charge in [0.1, 0.15) is 5.60 Å². The number of aryl methyl sites for hydroxylation is 2. The number of oxime groups is 1. The lowest BCUT2D eigenvalue weighted by Gasteiger charge is -2.26. The lowest BCUT2D eigenvalue weighted by Crippen LogP contribution is -2.29. The number of pyridine rings is 1. The van der Waals surface area contributed by atoms with Gasteiger partial charge < -0.3 is 14.9 Å². The van der Waals surface area contributed by atoms with E-state index < -0.39 is 0 Å². The molecule has 0 unspecified atom stereocenters. The summed E-state index contributed by atoms with van der Waals surface area (Å²) in [5.41, 5.74) is 5.08. The highest BCUT2D eigenvalue weighted by molar-refractivity contribution is 6.11. The third-order valence-corrected chi connectivity index (χ3v) is 6.47. The Bertz CT molecular complexity index is 907. The number of hydrogen-bond donors (Lipinski definition) is 1. The van der Waals surface area contributed by atoms with E-state index in [1.165, 1.54) is 12.8 Å². The SMILES string of the molecule is CCn1nc(C)c2c(NC3CCOCC3)c(C3=NOC4(CCCC4)C3)cnc21. The fraction of sp³-hybridized carbons (Fsp3) is 0.667. The Labute approximate surface area is 165 Å². The molecule has 1 aliphatic carbocycles. The minimum Gasteiger partial charge on any atom is -0.389 e. The Morgan fingerprint density at radius 1 is 1.25 bits per heavy atom. The van der Waals surface area contributed by atoms with Crippen molar-refractivity contribution in [2.45, 2.75) is 77.0 Å². The maximum absolute atomic E-state index is 5.97. The first-order chi connectivity index (χ1) is 13.7. The lowest BCUT2D eigenvalue weighted by atomic mass is 9.92. The normalized spacial score (nSPS) is 22.0. The predicted molar refractivity (Wildman–Crippen MR) is 109 cm³/mol. The van der Waals surface area contributed by atoms with Crippen LogP contribution in [-0.2, 0) is 16.1 Å². The van der Waals surface area contributed by atoms with Gasteiger partial charge in [0.15, 0.2) is 5.65 Å². The fourth-order valence-corrected chi connectivity index (χ4v) is 4.91. The summed E-state index contributed by atoms with van der Waals surface area (Å²) in [6.45, 7) is 6.59. The van der Waals surface area contributed by atoms with E-state index in [4.69, 9.17) is 19.7 Å². The Hall–Kier alpha value is -2.15. The summed E-state index contributed by atoms with van der Waals surface area (Å²) >= 11 is 0. The first kappa shape index (κ1) is 17.9. The van der Waals surface area contributed by atoms with Gasteiger partial charge in [-0.2, -0.15) is 5.10 Å². The van der Waals surface area contributed by atoms with Crippen LogP contribution in [0.15, 0.2) is 11.4 Å². The molecule has 7 nitrogen and oxygen atoms in total. The van der Waals surface area contributed by atoms with E-state index in [2.05, 4.69) is 24.3 Å². The molecule has 1 N–H and O–H groups in total. The standard InChI is InChI=1S/C21H29N5O2/c1-3-26-20-18(14(2)24-26)19(23-15-6-10-27-11-7-15)16(13-22-20)17-12-21(28-25-17)8-4-5-9-21/h13,15H,3-12H2,1-2H3,(H,22,23). The van der Waals surface area contributed by atoms with E-state index in [1.54, 1.807) is 0 Å². The quantitative estimate of drug-likeness (QED) is 0.870. The minimum atomic E-state index is -0.0805. The van der Waals surface area contributed by atoms with Crippen LogP contribution in [0.3, 0.4) is 0 Å². The van der Waals surface area contributed by atoms with Crippen LogP contribution in [0.4, 0.5) is 5.69 Å². The topological polar surface area (TPSA) is 73.6 Å². The van der Waals surface area contributed by atoms with Gasteiger partial charge in [-0.15, -0.1) is 0 Å². The van der Waals surface area contributed by atoms with Crippen LogP contribution in [0.5, 0.6) is 0 Å². The summed E-state index contributed by atoms with van der Waals surface area (Å²) in [4.78, 5) is 10.8. The van der Waals surface area contributed by atoms with Gasteiger partial charge in [0.25, 0.3) is 0 Å². The molecule has 3 aliphatic rings. The number of hydrogen-bond acceptors (Lipinski definition) is 6. The average molecular weight is 383 g/mol. The summed E-state index contributed by atoms with van der Waals surface area (Å²) in [5.74, 6) is 0. The third-order valence-electron chi connectivity index (χ3n) is 6.47. The molecule has 2 aliphatic heterocycles. The molecule has 1 saturated heterocycles. The van der Waals surface area contributed by atoms with Gasteiger partial charge in [-0.05, 0) is 52.4 Å². The van der Waals surface area contributed by atoms with Gasteiger partial charge in [-0.3, -0.25) is 0 Å². The van der Waals surface area contributed by atoms with E-state index in [9.17, 15) is 0 Å². The van der Waals surface area contributed by atoms with Crippen molar-refractivity contribution in [2.75, 3.05) is 18.5 Å². The molecule has 0 amide bonds. The summed E-state index contributed by atoms with van der Waals surface area (Å²) in [6.07, 6.45) is 9.53. The maximum atomic E-state index is 5.97. The highest BCUT2D eigenvalue weighted by atomic mass is 16.7. The molecule has 7 heteroatoms. The van der Waals surface area contributed by atoms with Crippen LogP contribution in [0, 0.1) is 6.92 Å². The Balaban J connectivity index is 1.57. The zero-order chi connectivity index (χ0) is 19.1. The molecule has 0 radical (unpaired) electrons. The van der Waals surface area contributed by atoms with Gasteiger partial charge >= 0.3 is 0 Å². The van der Waals surface area contributed by atoms with E-state index in [0.29, 0.717) is 6.04 Å². The van der Waals surface area contributed by atoms with Crippen molar-refractivity contribution in [3.8, 4) is 0 Å². The molecule has 2 fully saturated rings. The van der Waals surface area contributed by atoms with Crippen LogP contribution in [0.25, 0.3) is 11.0 Å². The molecule has 2 aromatic heterocycles. The third kappa shape index (κ3) is 2.96. The van der Waals surface area contributed by atoms with Crippen LogP contribution >= 0.6 is 0 Å². The van der Waals surface area contributed by atoms with Crippen molar-refractivity contribution in [3.63, 3.8) is 0 Å². The minimum absolute atomic E-state index is 0.0805. The van der Waals surface area contributed by atoms with Crippen molar-refractivity contribution in [2.24, 2.45) is 5.16 Å². The first-order valence-electron chi connectivity index (χ1n) is 10.6. The molecule has 0 atom stereocenters. The molecule has 4 heterocycles. The average Bonchev–Trinajstić information content (AvgIpc) is 3.43. The number of nitrogens with zero attached hydrogens (tertiary/aromatic N) is 4. The number of anilines is 1. The van der Waals surface area contributed by atoms with Crippen molar-refractivity contribution < 1.29 is 9.57 Å². The Morgan fingerprint density at radius 3 is 2.79 bits per heavy atom. The predicted octanol–water partition coefficient (Wildman–Crippen LogP) is 3.79. The van der Waals surface area contributed by atoms with Gasteiger partial charge in [-0.1, -0.05) is 5.16 Å². The molecular formula is C21H29N5O2. The van der Waals surface area contributed by atoms with E-state index >= 15 is 0 Å². The second-order valence-corrected chi connectivity index (χ2v) is 8.37. The molecule has 1 saturated carbocycles. The number of rotatable bonds is 4. The molecule has 0 aromatic carbocycles. The van der Waals surface area contributed by atoms with Crippen LogP contribution in [0.2, 0.25) is 0 Å². The second kappa shape index (κ2) is 7.03. The number of ether oxygens (including phenoxy) is 1. The molecule has 2 aromatic rings. The molecule has 28 heavy (non-hydrogen) atoms. The summed E-state index contributed by atoms with van der Waals surface area (Å²) in [7, 11) is 0. The van der Waals surface area contributed by atoms with E-state index in [0.717, 1.165) is 85.6 Å². The van der Waals surface area contributed by atoms with Crippen LogP contribution in [-0.4, -0.2) is 45.3 Å². The van der Waals surface area contributed by atoms with Crippen molar-refractivity contribution in [1.82, 2.24) is 14.8 Å². The Kier molecular flexibility index (Phi) is 4.50. The molecule has 1 spiro atoms. The van der Waals surface area contributed by atoms with Crippen LogP contribution in [0.1, 0.15) is 63.1 Å². The summed E-state index contributed by atoms with van der Waals surface area (Å²) in [5, 5.41) is 14.2. The largest absolute Gasteiger partial charge is 0.389 e. The van der Waals surface area contributed by atoms with Crippen molar-refractivity contribution in [1.29, 1.82) is 0 Å². The molecule has 150 valence electrons. The number of fused-ring (bicyclic) bond motifs is 1. The van der Waals surface area contributed by atoms with Crippen LogP contribution < -0.4 is 5.32 Å². The van der Waals surface area contributed by atoms with Gasteiger partial charge in [0.05, 0.1) is 22.5 Å². The highest BCUT2D eigenvalue weighted by Gasteiger charge is 2.42. The zero-order valence-corrected chi connectivity index (χ0v) is 16.8. The van der Waals surface area contributed by atoms with Crippen molar-refractivity contribution in [3.05, 3.63) is 17.5 Å². The second-order valence-electron chi connectivity index (χ2n) is 8.37. The molecule has 5 rings (SSSR count). The fourth-order valence-electron chi connectivity index (χ4n) is 4.91. The molecule has 0 bridgehead atoms. The van der Waals surface area contributed by atoms with Gasteiger partial charge in [0.2, 0.25) is 0 Å². The zero-order valence-electron chi connectivity index (χ0n) is 16.8. The Morgan fingerprint density at radius 2 is 2.04 bits per heavy atom. The monoisotopic (exact) mass is 383 g/mol. The number of aromatic nitrogens is 3. The van der Waals surface area contributed by atoms with Gasteiger partial charge in [-0.25, -0.2) is 9.67 Å². The highest BCUT2D eigenvalue weighted by Crippen LogP contribution is 2.42. The number of nitrogens with one attached hydrogen (secondary N) is 1. The molecular weight excluding hydrogens is 354 g/mol. The lowest BCUT2D eigenvalue weighted by molar-refractivity contribution is -0.0126. The summed E-state index contributed by atoms with van der Waals surface area (Å²) < 4.78 is 7.53. The first-order valence-corrected chi connectivity index (χ1v) is 10.6. The maximum Gasteiger partial charge on any atom is 0.160 e.